The maximum absolute atomic E-state index is 12.3. The van der Waals surface area contributed by atoms with Crippen molar-refractivity contribution in [2.75, 3.05) is 0 Å². The summed E-state index contributed by atoms with van der Waals surface area (Å²) in [5, 5.41) is 0. The first-order valence-electron chi connectivity index (χ1n) is 6.19. The molecular formula is C15H18N2O2. The molecule has 1 aromatic heterocycles. The number of hydrogen-bond acceptors (Lipinski definition) is 3. The van der Waals surface area contributed by atoms with Crippen LogP contribution in [0.25, 0.3) is 0 Å². The molecule has 0 aliphatic rings. The predicted molar refractivity (Wildman–Crippen MR) is 73.5 cm³/mol. The predicted octanol–water partition coefficient (Wildman–Crippen LogP) is 3.00. The number of ether oxygens (including phenoxy) is 1. The fourth-order valence-corrected chi connectivity index (χ4v) is 1.92. The molecule has 0 saturated carbocycles. The van der Waals surface area contributed by atoms with E-state index in [2.05, 4.69) is 4.98 Å². The Hall–Kier alpha value is -2.10. The minimum atomic E-state index is -0.944. The van der Waals surface area contributed by atoms with Crippen molar-refractivity contribution in [2.45, 2.75) is 33.3 Å². The fraction of sp³-hybridized carbons (Fsp3) is 0.333. The zero-order valence-electron chi connectivity index (χ0n) is 11.7. The monoisotopic (exact) mass is 258 g/mol. The number of benzene rings is 1. The first-order valence-corrected chi connectivity index (χ1v) is 6.19. The van der Waals surface area contributed by atoms with Gasteiger partial charge in [0.05, 0.1) is 0 Å². The van der Waals surface area contributed by atoms with Crippen molar-refractivity contribution in [3.8, 4) is 5.75 Å². The normalized spacial score (nSPS) is 11.4. The van der Waals surface area contributed by atoms with Gasteiger partial charge in [-0.1, -0.05) is 17.7 Å². The van der Waals surface area contributed by atoms with Gasteiger partial charge in [-0.15, -0.1) is 0 Å². The van der Waals surface area contributed by atoms with E-state index in [1.54, 1.807) is 26.2 Å². The summed E-state index contributed by atoms with van der Waals surface area (Å²) in [4.78, 5) is 16.2. The summed E-state index contributed by atoms with van der Waals surface area (Å²) < 4.78 is 7.31. The molecule has 0 aliphatic carbocycles. The molecule has 100 valence electrons. The van der Waals surface area contributed by atoms with Crippen molar-refractivity contribution in [1.82, 2.24) is 9.55 Å². The smallest absolute Gasteiger partial charge is 0.275 e. The lowest BCUT2D eigenvalue weighted by atomic mass is 10.1. The summed E-state index contributed by atoms with van der Waals surface area (Å²) in [6.45, 7) is 7.52. The molecule has 0 spiro atoms. The van der Waals surface area contributed by atoms with Crippen LogP contribution in [0.1, 0.15) is 29.8 Å². The third-order valence-corrected chi connectivity index (χ3v) is 2.95. The van der Waals surface area contributed by atoms with Crippen LogP contribution >= 0.6 is 0 Å². The Bertz CT molecular complexity index is 586. The molecule has 1 heterocycles. The highest BCUT2D eigenvalue weighted by Gasteiger charge is 2.31. The SMILES string of the molecule is Cc1ccc(OC(C)(C)C(=O)n2ccnc2)c(C)c1. The van der Waals surface area contributed by atoms with Crippen LogP contribution in [-0.2, 0) is 0 Å². The number of aryl methyl sites for hydroxylation is 2. The third-order valence-electron chi connectivity index (χ3n) is 2.95. The van der Waals surface area contributed by atoms with E-state index in [-0.39, 0.29) is 5.91 Å². The molecule has 0 fully saturated rings. The van der Waals surface area contributed by atoms with Gasteiger partial charge < -0.3 is 4.74 Å². The van der Waals surface area contributed by atoms with Gasteiger partial charge in [0.15, 0.2) is 5.60 Å². The molecule has 4 nitrogen and oxygen atoms in total. The van der Waals surface area contributed by atoms with Gasteiger partial charge >= 0.3 is 0 Å². The van der Waals surface area contributed by atoms with Crippen LogP contribution in [0.3, 0.4) is 0 Å². The molecule has 0 saturated heterocycles. The highest BCUT2D eigenvalue weighted by Crippen LogP contribution is 2.24. The van der Waals surface area contributed by atoms with E-state index in [1.807, 2.05) is 32.0 Å². The quantitative estimate of drug-likeness (QED) is 0.850. The molecule has 1 aromatic carbocycles. The Balaban J connectivity index is 2.23. The Morgan fingerprint density at radius 2 is 2.05 bits per heavy atom. The molecule has 4 heteroatoms. The molecule has 0 bridgehead atoms. The number of rotatable bonds is 3. The first-order chi connectivity index (χ1) is 8.90. The van der Waals surface area contributed by atoms with E-state index in [1.165, 1.54) is 16.5 Å². The number of carbonyl (C=O) groups is 1. The lowest BCUT2D eigenvalue weighted by Gasteiger charge is -2.26. The van der Waals surface area contributed by atoms with E-state index in [9.17, 15) is 4.79 Å². The van der Waals surface area contributed by atoms with Gasteiger partial charge in [-0.3, -0.25) is 9.36 Å². The van der Waals surface area contributed by atoms with Crippen LogP contribution in [0.5, 0.6) is 5.75 Å². The minimum absolute atomic E-state index is 0.148. The summed E-state index contributed by atoms with van der Waals surface area (Å²) >= 11 is 0. The molecule has 19 heavy (non-hydrogen) atoms. The standard InChI is InChI=1S/C15H18N2O2/c1-11-5-6-13(12(2)9-11)19-15(3,4)14(18)17-8-7-16-10-17/h5-10H,1-4H3. The molecule has 0 unspecified atom stereocenters. The van der Waals surface area contributed by atoms with E-state index in [4.69, 9.17) is 4.74 Å². The lowest BCUT2D eigenvalue weighted by Crippen LogP contribution is -2.41. The largest absolute Gasteiger partial charge is 0.478 e. The van der Waals surface area contributed by atoms with Crippen molar-refractivity contribution >= 4 is 5.91 Å². The molecule has 0 aliphatic heterocycles. The lowest BCUT2D eigenvalue weighted by molar-refractivity contribution is 0.0485. The number of nitrogens with zero attached hydrogens (tertiary/aromatic N) is 2. The van der Waals surface area contributed by atoms with Gasteiger partial charge in [-0.25, -0.2) is 4.98 Å². The number of carbonyl (C=O) groups excluding carboxylic acids is 1. The molecule has 2 aromatic rings. The summed E-state index contributed by atoms with van der Waals surface area (Å²) in [5.74, 6) is 0.578. The second kappa shape index (κ2) is 4.88. The number of imidazole rings is 1. The summed E-state index contributed by atoms with van der Waals surface area (Å²) in [6.07, 6.45) is 4.68. The summed E-state index contributed by atoms with van der Waals surface area (Å²) in [5.41, 5.74) is 1.25. The minimum Gasteiger partial charge on any atom is -0.478 e. The van der Waals surface area contributed by atoms with Crippen LogP contribution in [0.2, 0.25) is 0 Å². The fourth-order valence-electron chi connectivity index (χ4n) is 1.92. The second-order valence-electron chi connectivity index (χ2n) is 5.16. The molecule has 0 amide bonds. The van der Waals surface area contributed by atoms with Gasteiger partial charge in [0.25, 0.3) is 5.91 Å². The van der Waals surface area contributed by atoms with Crippen molar-refractivity contribution in [2.24, 2.45) is 0 Å². The van der Waals surface area contributed by atoms with E-state index in [0.29, 0.717) is 0 Å². The van der Waals surface area contributed by atoms with Crippen molar-refractivity contribution in [1.29, 1.82) is 0 Å². The highest BCUT2D eigenvalue weighted by molar-refractivity contribution is 5.86. The second-order valence-corrected chi connectivity index (χ2v) is 5.16. The Kier molecular flexibility index (Phi) is 3.42. The Morgan fingerprint density at radius 1 is 1.32 bits per heavy atom. The van der Waals surface area contributed by atoms with Crippen molar-refractivity contribution < 1.29 is 9.53 Å². The summed E-state index contributed by atoms with van der Waals surface area (Å²) in [6, 6.07) is 5.90. The van der Waals surface area contributed by atoms with Gasteiger partial charge in [-0.2, -0.15) is 0 Å². The topological polar surface area (TPSA) is 44.1 Å². The Labute approximate surface area is 113 Å². The van der Waals surface area contributed by atoms with E-state index < -0.39 is 5.60 Å². The molecular weight excluding hydrogens is 240 g/mol. The van der Waals surface area contributed by atoms with Crippen molar-refractivity contribution in [3.63, 3.8) is 0 Å². The van der Waals surface area contributed by atoms with Gasteiger partial charge in [0.2, 0.25) is 0 Å². The van der Waals surface area contributed by atoms with Crippen LogP contribution < -0.4 is 4.74 Å². The third kappa shape index (κ3) is 2.84. The van der Waals surface area contributed by atoms with Crippen LogP contribution in [0.15, 0.2) is 36.9 Å². The molecule has 0 radical (unpaired) electrons. The maximum atomic E-state index is 12.3. The summed E-state index contributed by atoms with van der Waals surface area (Å²) in [7, 11) is 0. The van der Waals surface area contributed by atoms with E-state index >= 15 is 0 Å². The average molecular weight is 258 g/mol. The van der Waals surface area contributed by atoms with Gasteiger partial charge in [0.1, 0.15) is 12.1 Å². The van der Waals surface area contributed by atoms with E-state index in [0.717, 1.165) is 11.3 Å². The van der Waals surface area contributed by atoms with Gasteiger partial charge in [-0.05, 0) is 39.3 Å². The number of hydrogen-bond donors (Lipinski definition) is 0. The molecule has 0 atom stereocenters. The zero-order chi connectivity index (χ0) is 14.0. The highest BCUT2D eigenvalue weighted by atomic mass is 16.5. The zero-order valence-corrected chi connectivity index (χ0v) is 11.7. The average Bonchev–Trinajstić information content (AvgIpc) is 2.85. The van der Waals surface area contributed by atoms with Crippen LogP contribution in [0.4, 0.5) is 0 Å². The molecule has 2 rings (SSSR count). The maximum Gasteiger partial charge on any atom is 0.275 e. The van der Waals surface area contributed by atoms with Crippen molar-refractivity contribution in [3.05, 3.63) is 48.0 Å². The van der Waals surface area contributed by atoms with Crippen LogP contribution in [-0.4, -0.2) is 21.1 Å². The number of aromatic nitrogens is 2. The molecule has 0 N–H and O–H groups in total. The Morgan fingerprint density at radius 3 is 2.63 bits per heavy atom. The van der Waals surface area contributed by atoms with Crippen LogP contribution in [0, 0.1) is 13.8 Å². The van der Waals surface area contributed by atoms with Gasteiger partial charge in [0, 0.05) is 12.4 Å². The first kappa shape index (κ1) is 13.3.